The van der Waals surface area contributed by atoms with Gasteiger partial charge in [-0.15, -0.1) is 0 Å². The highest BCUT2D eigenvalue weighted by molar-refractivity contribution is 5.96. The molecular weight excluding hydrogens is 484 g/mol. The van der Waals surface area contributed by atoms with Crippen LogP contribution in [-0.2, 0) is 19.1 Å². The summed E-state index contributed by atoms with van der Waals surface area (Å²) in [5.74, 6) is -1.77. The van der Waals surface area contributed by atoms with Crippen LogP contribution in [0.4, 0.5) is 13.6 Å². The molecule has 0 spiro atoms. The first kappa shape index (κ1) is 26.2. The second kappa shape index (κ2) is 11.8. The summed E-state index contributed by atoms with van der Waals surface area (Å²) in [7, 11) is 0. The molecule has 2 heterocycles. The molecule has 0 unspecified atom stereocenters. The van der Waals surface area contributed by atoms with Gasteiger partial charge in [0.2, 0.25) is 0 Å². The molecule has 1 atom stereocenters. The first-order valence-corrected chi connectivity index (χ1v) is 10.7. The minimum absolute atomic E-state index is 0.0153. The highest BCUT2D eigenvalue weighted by Crippen LogP contribution is 2.29. The number of halogens is 2. The molecule has 1 aromatic carbocycles. The number of ether oxygens (including phenoxy) is 3. The van der Waals surface area contributed by atoms with Crippen LogP contribution in [0, 0.1) is 6.92 Å². The fourth-order valence-electron chi connectivity index (χ4n) is 3.28. The average Bonchev–Trinajstić information content (AvgIpc) is 3.26. The Bertz CT molecular complexity index is 1180. The Kier molecular flexibility index (Phi) is 8.60. The van der Waals surface area contributed by atoms with E-state index in [0.717, 1.165) is 6.07 Å². The fraction of sp³-hybridized carbons (Fsp3) is 0.304. The predicted octanol–water partition coefficient (Wildman–Crippen LogP) is 2.33. The zero-order valence-corrected chi connectivity index (χ0v) is 19.3. The van der Waals surface area contributed by atoms with E-state index in [0.29, 0.717) is 5.76 Å². The summed E-state index contributed by atoms with van der Waals surface area (Å²) in [6.07, 6.45) is 0. The fourth-order valence-corrected chi connectivity index (χ4v) is 3.28. The predicted molar refractivity (Wildman–Crippen MR) is 118 cm³/mol. The molecule has 1 aliphatic heterocycles. The molecule has 192 valence electrons. The van der Waals surface area contributed by atoms with Crippen LogP contribution in [0.2, 0.25) is 0 Å². The third-order valence-corrected chi connectivity index (χ3v) is 4.79. The minimum atomic E-state index is -3.06. The lowest BCUT2D eigenvalue weighted by Gasteiger charge is -2.27. The number of alkyl halides is 2. The molecule has 13 heteroatoms. The van der Waals surface area contributed by atoms with E-state index in [9.17, 15) is 28.0 Å². The molecule has 11 nitrogen and oxygen atoms in total. The van der Waals surface area contributed by atoms with Crippen molar-refractivity contribution in [2.75, 3.05) is 19.8 Å². The van der Waals surface area contributed by atoms with E-state index < -0.39 is 49.7 Å². The third kappa shape index (κ3) is 6.81. The Morgan fingerprint density at radius 2 is 1.94 bits per heavy atom. The maximum atomic E-state index is 12.6. The summed E-state index contributed by atoms with van der Waals surface area (Å²) < 4.78 is 44.7. The standard InChI is InChI=1S/C23H23F2N3O8/c1-3-33-21(31)18-15(27-23(32)28-19(18)16-8-7-12(2)35-16)11-34-17(29)10-26-20(30)13-5-4-6-14(9-13)36-22(24)25/h4-9,19,22H,3,10-11H2,1-2H3,(H,26,30)(H2,27,28,32)/t19-/m1/s1. The SMILES string of the molecule is CCOC(=O)C1=C(COC(=O)CNC(=O)c2cccc(OC(F)F)c2)NC(=O)N[C@@H]1c1ccc(C)o1. The van der Waals surface area contributed by atoms with Gasteiger partial charge in [-0.05, 0) is 44.2 Å². The monoisotopic (exact) mass is 507 g/mol. The first-order chi connectivity index (χ1) is 17.2. The zero-order chi connectivity index (χ0) is 26.2. The topological polar surface area (TPSA) is 145 Å². The van der Waals surface area contributed by atoms with E-state index >= 15 is 0 Å². The van der Waals surface area contributed by atoms with Crippen molar-refractivity contribution in [3.05, 3.63) is 64.8 Å². The Hall–Kier alpha value is -4.42. The van der Waals surface area contributed by atoms with Gasteiger partial charge in [-0.2, -0.15) is 8.78 Å². The number of nitrogens with one attached hydrogen (secondary N) is 3. The number of amides is 3. The quantitative estimate of drug-likeness (QED) is 0.416. The summed E-state index contributed by atoms with van der Waals surface area (Å²) in [4.78, 5) is 49.3. The minimum Gasteiger partial charge on any atom is -0.464 e. The van der Waals surface area contributed by atoms with E-state index in [2.05, 4.69) is 20.7 Å². The van der Waals surface area contributed by atoms with Crippen LogP contribution in [0.1, 0.15) is 34.8 Å². The second-order valence-corrected chi connectivity index (χ2v) is 7.34. The molecule has 0 bridgehead atoms. The number of furan rings is 1. The van der Waals surface area contributed by atoms with E-state index in [-0.39, 0.29) is 35.0 Å². The van der Waals surface area contributed by atoms with E-state index in [4.69, 9.17) is 13.9 Å². The van der Waals surface area contributed by atoms with Crippen molar-refractivity contribution in [1.82, 2.24) is 16.0 Å². The second-order valence-electron chi connectivity index (χ2n) is 7.34. The third-order valence-electron chi connectivity index (χ3n) is 4.79. The molecule has 0 aliphatic carbocycles. The van der Waals surface area contributed by atoms with Crippen LogP contribution in [0.15, 0.2) is 52.1 Å². The molecule has 3 N–H and O–H groups in total. The lowest BCUT2D eigenvalue weighted by atomic mass is 10.0. The Morgan fingerprint density at radius 3 is 2.61 bits per heavy atom. The van der Waals surface area contributed by atoms with Crippen molar-refractivity contribution in [2.24, 2.45) is 0 Å². The smallest absolute Gasteiger partial charge is 0.387 e. The van der Waals surface area contributed by atoms with Gasteiger partial charge in [0.25, 0.3) is 5.91 Å². The first-order valence-electron chi connectivity index (χ1n) is 10.7. The Labute approximate surface area is 203 Å². The van der Waals surface area contributed by atoms with Crippen molar-refractivity contribution in [3.63, 3.8) is 0 Å². The number of urea groups is 1. The van der Waals surface area contributed by atoms with Gasteiger partial charge in [-0.1, -0.05) is 6.07 Å². The molecule has 3 rings (SSSR count). The number of benzene rings is 1. The van der Waals surface area contributed by atoms with Crippen LogP contribution < -0.4 is 20.7 Å². The lowest BCUT2D eigenvalue weighted by molar-refractivity contribution is -0.142. The summed E-state index contributed by atoms with van der Waals surface area (Å²) in [5, 5.41) is 7.29. The molecule has 0 fully saturated rings. The maximum Gasteiger partial charge on any atom is 0.387 e. The number of carbonyl (C=O) groups excluding carboxylic acids is 4. The number of carbonyl (C=O) groups is 4. The van der Waals surface area contributed by atoms with Crippen molar-refractivity contribution in [1.29, 1.82) is 0 Å². The molecule has 0 saturated heterocycles. The van der Waals surface area contributed by atoms with Crippen LogP contribution in [0.25, 0.3) is 0 Å². The van der Waals surface area contributed by atoms with Gasteiger partial charge in [0.1, 0.15) is 36.5 Å². The maximum absolute atomic E-state index is 12.6. The van der Waals surface area contributed by atoms with Gasteiger partial charge < -0.3 is 34.6 Å². The van der Waals surface area contributed by atoms with Gasteiger partial charge in [-0.3, -0.25) is 9.59 Å². The van der Waals surface area contributed by atoms with Gasteiger partial charge in [-0.25, -0.2) is 9.59 Å². The van der Waals surface area contributed by atoms with Gasteiger partial charge in [0.05, 0.1) is 17.9 Å². The summed E-state index contributed by atoms with van der Waals surface area (Å²) in [6.45, 7) is -0.782. The van der Waals surface area contributed by atoms with Crippen molar-refractivity contribution in [2.45, 2.75) is 26.5 Å². The van der Waals surface area contributed by atoms with E-state index in [1.54, 1.807) is 26.0 Å². The molecule has 0 saturated carbocycles. The Balaban J connectivity index is 1.67. The molecule has 1 aromatic heterocycles. The van der Waals surface area contributed by atoms with Crippen LogP contribution in [0.5, 0.6) is 5.75 Å². The largest absolute Gasteiger partial charge is 0.464 e. The van der Waals surface area contributed by atoms with Crippen LogP contribution >= 0.6 is 0 Å². The van der Waals surface area contributed by atoms with Gasteiger partial charge in [0, 0.05) is 5.56 Å². The van der Waals surface area contributed by atoms with Crippen LogP contribution in [-0.4, -0.2) is 50.2 Å². The van der Waals surface area contributed by atoms with Crippen molar-refractivity contribution in [3.8, 4) is 5.75 Å². The number of hydrogen-bond acceptors (Lipinski definition) is 8. The average molecular weight is 507 g/mol. The van der Waals surface area contributed by atoms with Crippen molar-refractivity contribution >= 4 is 23.9 Å². The zero-order valence-electron chi connectivity index (χ0n) is 19.3. The molecule has 0 radical (unpaired) electrons. The molecular formula is C23H23F2N3O8. The van der Waals surface area contributed by atoms with E-state index in [1.807, 2.05) is 0 Å². The number of rotatable bonds is 10. The highest BCUT2D eigenvalue weighted by Gasteiger charge is 2.36. The summed E-state index contributed by atoms with van der Waals surface area (Å²) in [5.41, 5.74) is -0.0540. The highest BCUT2D eigenvalue weighted by atomic mass is 19.3. The number of aryl methyl sites for hydroxylation is 1. The molecule has 1 aliphatic rings. The van der Waals surface area contributed by atoms with Gasteiger partial charge >= 0.3 is 24.6 Å². The van der Waals surface area contributed by atoms with E-state index in [1.165, 1.54) is 18.2 Å². The van der Waals surface area contributed by atoms with Crippen LogP contribution in [0.3, 0.4) is 0 Å². The lowest BCUT2D eigenvalue weighted by Crippen LogP contribution is -2.47. The van der Waals surface area contributed by atoms with Crippen molar-refractivity contribution < 1.29 is 46.6 Å². The normalized spacial score (nSPS) is 15.1. The molecule has 2 aromatic rings. The summed E-state index contributed by atoms with van der Waals surface area (Å²) in [6, 6.07) is 6.62. The number of hydrogen-bond donors (Lipinski definition) is 3. The molecule has 36 heavy (non-hydrogen) atoms. The Morgan fingerprint density at radius 1 is 1.17 bits per heavy atom. The summed E-state index contributed by atoms with van der Waals surface area (Å²) >= 11 is 0. The number of esters is 2. The van der Waals surface area contributed by atoms with Gasteiger partial charge in [0.15, 0.2) is 0 Å². The molecule has 3 amide bonds.